The fourth-order valence-electron chi connectivity index (χ4n) is 1.64. The zero-order valence-electron chi connectivity index (χ0n) is 10.7. The highest BCUT2D eigenvalue weighted by molar-refractivity contribution is 8.00. The zero-order valence-corrected chi connectivity index (χ0v) is 13.9. The highest BCUT2D eigenvalue weighted by Crippen LogP contribution is 2.19. The Morgan fingerprint density at radius 1 is 1.42 bits per heavy atom. The van der Waals surface area contributed by atoms with Gasteiger partial charge in [-0.2, -0.15) is 5.10 Å². The maximum Gasteiger partial charge on any atom is 0.181 e. The van der Waals surface area contributed by atoms with E-state index in [4.69, 9.17) is 23.8 Å². The monoisotopic (exact) mass is 331 g/mol. The Bertz CT molecular complexity index is 591. The van der Waals surface area contributed by atoms with Crippen LogP contribution in [-0.2, 0) is 13.2 Å². The third-order valence-corrected chi connectivity index (χ3v) is 5.04. The van der Waals surface area contributed by atoms with Gasteiger partial charge in [0.25, 0.3) is 0 Å². The van der Waals surface area contributed by atoms with Crippen molar-refractivity contribution in [3.8, 4) is 0 Å². The Labute approximate surface area is 131 Å². The van der Waals surface area contributed by atoms with Crippen LogP contribution in [0.5, 0.6) is 0 Å². The summed E-state index contributed by atoms with van der Waals surface area (Å²) in [6, 6.07) is 7.88. The average Bonchev–Trinajstić information content (AvgIpc) is 2.73. The van der Waals surface area contributed by atoms with Crippen LogP contribution in [-0.4, -0.2) is 28.0 Å². The van der Waals surface area contributed by atoms with Crippen molar-refractivity contribution in [2.24, 2.45) is 0 Å². The highest BCUT2D eigenvalue weighted by atomic mass is 35.5. The molecular formula is C12H14ClN3S3. The number of nitrogens with zero attached hydrogens (tertiary/aromatic N) is 3. The molecule has 102 valence electrons. The molecule has 0 bridgehead atoms. The van der Waals surface area contributed by atoms with E-state index in [9.17, 15) is 0 Å². The predicted octanol–water partition coefficient (Wildman–Crippen LogP) is 4.14. The minimum absolute atomic E-state index is 0.693. The first-order valence-corrected chi connectivity index (χ1v) is 8.46. The molecular weight excluding hydrogens is 318 g/mol. The van der Waals surface area contributed by atoms with E-state index in [1.807, 2.05) is 35.2 Å². The highest BCUT2D eigenvalue weighted by Gasteiger charge is 2.06. The van der Waals surface area contributed by atoms with E-state index >= 15 is 0 Å². The molecule has 0 atom stereocenters. The third-order valence-electron chi connectivity index (χ3n) is 2.50. The molecule has 0 amide bonds. The molecule has 19 heavy (non-hydrogen) atoms. The first kappa shape index (κ1) is 15.0. The van der Waals surface area contributed by atoms with Gasteiger partial charge in [0.1, 0.15) is 0 Å². The maximum absolute atomic E-state index is 5.88. The van der Waals surface area contributed by atoms with Crippen LogP contribution in [0.2, 0.25) is 5.02 Å². The Morgan fingerprint density at radius 3 is 2.68 bits per heavy atom. The van der Waals surface area contributed by atoms with E-state index in [1.165, 1.54) is 5.56 Å². The summed E-state index contributed by atoms with van der Waals surface area (Å²) in [5.41, 5.74) is 1.22. The Hall–Kier alpha value is -0.400. The molecule has 0 N–H and O–H groups in total. The van der Waals surface area contributed by atoms with Crippen molar-refractivity contribution in [2.75, 3.05) is 13.3 Å². The van der Waals surface area contributed by atoms with E-state index in [0.717, 1.165) is 19.9 Å². The van der Waals surface area contributed by atoms with Gasteiger partial charge in [-0.1, -0.05) is 46.8 Å². The number of hydrogen-bond donors (Lipinski definition) is 0. The smallest absolute Gasteiger partial charge is 0.181 e. The fourth-order valence-corrected chi connectivity index (χ4v) is 3.50. The average molecular weight is 332 g/mol. The molecule has 1 heterocycles. The van der Waals surface area contributed by atoms with Crippen LogP contribution in [0.15, 0.2) is 28.6 Å². The third kappa shape index (κ3) is 4.29. The molecule has 0 aliphatic rings. The van der Waals surface area contributed by atoms with Gasteiger partial charge in [-0.3, -0.25) is 4.90 Å². The van der Waals surface area contributed by atoms with Gasteiger partial charge in [0, 0.05) is 11.6 Å². The van der Waals surface area contributed by atoms with Gasteiger partial charge in [-0.25, -0.2) is 4.68 Å². The van der Waals surface area contributed by atoms with Gasteiger partial charge < -0.3 is 0 Å². The largest absolute Gasteiger partial charge is 0.283 e. The number of hydrogen-bond acceptors (Lipinski definition) is 5. The summed E-state index contributed by atoms with van der Waals surface area (Å²) in [6.07, 6.45) is 2.01. The van der Waals surface area contributed by atoms with E-state index in [2.05, 4.69) is 17.0 Å². The Balaban J connectivity index is 2.00. The van der Waals surface area contributed by atoms with Crippen molar-refractivity contribution in [2.45, 2.75) is 17.6 Å². The Morgan fingerprint density at radius 2 is 2.11 bits per heavy atom. The minimum atomic E-state index is 0.693. The second-order valence-corrected chi connectivity index (χ2v) is 7.23. The van der Waals surface area contributed by atoms with Crippen LogP contribution in [0.4, 0.5) is 0 Å². The van der Waals surface area contributed by atoms with Crippen LogP contribution in [0.3, 0.4) is 0 Å². The van der Waals surface area contributed by atoms with Crippen molar-refractivity contribution in [1.29, 1.82) is 0 Å². The van der Waals surface area contributed by atoms with Gasteiger partial charge in [0.15, 0.2) is 8.29 Å². The predicted molar refractivity (Wildman–Crippen MR) is 85.6 cm³/mol. The van der Waals surface area contributed by atoms with Crippen molar-refractivity contribution < 1.29 is 0 Å². The molecule has 0 saturated heterocycles. The summed E-state index contributed by atoms with van der Waals surface area (Å²) in [4.78, 5) is 2.17. The standard InChI is InChI=1S/C12H14ClN3S3/c1-15(7-9-3-5-10(13)6-4-9)8-16-12(17)19-11(14-16)18-2/h3-6H,7-8H2,1-2H3. The van der Waals surface area contributed by atoms with Crippen LogP contribution < -0.4 is 0 Å². The van der Waals surface area contributed by atoms with Gasteiger partial charge in [0.05, 0.1) is 6.67 Å². The quantitative estimate of drug-likeness (QED) is 0.606. The minimum Gasteiger partial charge on any atom is -0.283 e. The van der Waals surface area contributed by atoms with Crippen LogP contribution in [0, 0.1) is 3.95 Å². The lowest BCUT2D eigenvalue weighted by Gasteiger charge is -2.16. The van der Waals surface area contributed by atoms with Crippen LogP contribution in [0.1, 0.15) is 5.56 Å². The molecule has 0 aliphatic heterocycles. The summed E-state index contributed by atoms with van der Waals surface area (Å²) in [6.45, 7) is 1.53. The van der Waals surface area contributed by atoms with Crippen molar-refractivity contribution in [1.82, 2.24) is 14.7 Å². The number of thioether (sulfide) groups is 1. The molecule has 0 radical (unpaired) electrons. The molecule has 3 nitrogen and oxygen atoms in total. The fraction of sp³-hybridized carbons (Fsp3) is 0.333. The number of halogens is 1. The number of aromatic nitrogens is 2. The van der Waals surface area contributed by atoms with Gasteiger partial charge in [-0.05, 0) is 43.2 Å². The lowest BCUT2D eigenvalue weighted by molar-refractivity contribution is 0.243. The molecule has 0 aliphatic carbocycles. The maximum atomic E-state index is 5.88. The SMILES string of the molecule is CSc1nn(CN(C)Cc2ccc(Cl)cc2)c(=S)s1. The van der Waals surface area contributed by atoms with E-state index in [1.54, 1.807) is 23.1 Å². The number of benzene rings is 1. The van der Waals surface area contributed by atoms with E-state index in [-0.39, 0.29) is 0 Å². The van der Waals surface area contributed by atoms with E-state index < -0.39 is 0 Å². The Kier molecular flexibility index (Phi) is 5.41. The molecule has 1 aromatic heterocycles. The molecule has 0 unspecified atom stereocenters. The summed E-state index contributed by atoms with van der Waals surface area (Å²) in [5, 5.41) is 5.22. The number of rotatable bonds is 5. The molecule has 0 saturated carbocycles. The van der Waals surface area contributed by atoms with E-state index in [0.29, 0.717) is 6.67 Å². The van der Waals surface area contributed by atoms with Crippen LogP contribution in [0.25, 0.3) is 0 Å². The second-order valence-electron chi connectivity index (χ2n) is 4.12. The summed E-state index contributed by atoms with van der Waals surface area (Å²) in [7, 11) is 2.05. The molecule has 2 rings (SSSR count). The lowest BCUT2D eigenvalue weighted by atomic mass is 10.2. The molecule has 0 fully saturated rings. The molecule has 2 aromatic rings. The van der Waals surface area contributed by atoms with Crippen molar-refractivity contribution in [3.05, 3.63) is 38.8 Å². The molecule has 0 spiro atoms. The molecule has 7 heteroatoms. The zero-order chi connectivity index (χ0) is 13.8. The lowest BCUT2D eigenvalue weighted by Crippen LogP contribution is -2.22. The summed E-state index contributed by atoms with van der Waals surface area (Å²) >= 11 is 14.3. The summed E-state index contributed by atoms with van der Waals surface area (Å²) < 4.78 is 3.68. The van der Waals surface area contributed by atoms with Crippen LogP contribution >= 0.6 is 46.9 Å². The first-order chi connectivity index (χ1) is 9.08. The van der Waals surface area contributed by atoms with Gasteiger partial charge in [-0.15, -0.1) is 0 Å². The normalized spacial score (nSPS) is 11.2. The topological polar surface area (TPSA) is 21.1 Å². The first-order valence-electron chi connectivity index (χ1n) is 5.63. The summed E-state index contributed by atoms with van der Waals surface area (Å²) in [5.74, 6) is 0. The van der Waals surface area contributed by atoms with Crippen molar-refractivity contribution in [3.63, 3.8) is 0 Å². The second kappa shape index (κ2) is 6.85. The van der Waals surface area contributed by atoms with Gasteiger partial charge in [0.2, 0.25) is 0 Å². The van der Waals surface area contributed by atoms with Gasteiger partial charge >= 0.3 is 0 Å². The molecule has 1 aromatic carbocycles. The van der Waals surface area contributed by atoms with Crippen molar-refractivity contribution >= 4 is 46.9 Å².